The number of rotatable bonds is 3. The molecule has 1 amide bonds. The normalized spacial score (nSPS) is 16.4. The van der Waals surface area contributed by atoms with Crippen LogP contribution in [-0.4, -0.2) is 24.3 Å². The molecule has 102 valence electrons. The van der Waals surface area contributed by atoms with Crippen molar-refractivity contribution in [2.75, 3.05) is 11.9 Å². The van der Waals surface area contributed by atoms with Crippen molar-refractivity contribution in [3.63, 3.8) is 0 Å². The summed E-state index contributed by atoms with van der Waals surface area (Å²) in [5.74, 6) is 0.425. The van der Waals surface area contributed by atoms with E-state index in [1.807, 2.05) is 0 Å². The number of anilines is 1. The fraction of sp³-hybridized carbons (Fsp3) is 0.429. The molecule has 1 aliphatic heterocycles. The molecule has 2 N–H and O–H groups in total. The second kappa shape index (κ2) is 6.31. The molecule has 5 heteroatoms. The van der Waals surface area contributed by atoms with E-state index < -0.39 is 0 Å². The zero-order chi connectivity index (χ0) is 13.7. The molecule has 0 fully saturated rings. The van der Waals surface area contributed by atoms with Crippen molar-refractivity contribution < 1.29 is 9.18 Å². The minimum absolute atomic E-state index is 0.153. The second-order valence-corrected chi connectivity index (χ2v) is 4.65. The van der Waals surface area contributed by atoms with E-state index in [1.165, 1.54) is 24.3 Å². The number of nitrogens with one attached hydrogen (secondary N) is 2. The number of amides is 1. The number of aliphatic imine (C=N–C) groups is 1. The molecule has 0 saturated heterocycles. The van der Waals surface area contributed by atoms with Gasteiger partial charge in [-0.2, -0.15) is 0 Å². The van der Waals surface area contributed by atoms with Crippen molar-refractivity contribution in [3.8, 4) is 0 Å². The highest BCUT2D eigenvalue weighted by Crippen LogP contribution is 2.09. The predicted octanol–water partition coefficient (Wildman–Crippen LogP) is 2.32. The van der Waals surface area contributed by atoms with E-state index in [1.54, 1.807) is 6.92 Å². The summed E-state index contributed by atoms with van der Waals surface area (Å²) in [5, 5.41) is 5.85. The van der Waals surface area contributed by atoms with Gasteiger partial charge in [-0.25, -0.2) is 4.39 Å². The van der Waals surface area contributed by atoms with E-state index in [0.717, 1.165) is 31.6 Å². The summed E-state index contributed by atoms with van der Waals surface area (Å²) >= 11 is 0. The average Bonchev–Trinajstić information content (AvgIpc) is 2.42. The fourth-order valence-corrected chi connectivity index (χ4v) is 1.91. The maximum atomic E-state index is 12.8. The van der Waals surface area contributed by atoms with Gasteiger partial charge >= 0.3 is 0 Å². The molecule has 1 aromatic rings. The minimum atomic E-state index is -0.359. The largest absolute Gasteiger partial charge is 0.362 e. The lowest BCUT2D eigenvalue weighted by Gasteiger charge is -2.19. The second-order valence-electron chi connectivity index (χ2n) is 4.65. The van der Waals surface area contributed by atoms with Crippen LogP contribution in [0.4, 0.5) is 10.1 Å². The monoisotopic (exact) mass is 263 g/mol. The Kier molecular flexibility index (Phi) is 4.49. The van der Waals surface area contributed by atoms with Gasteiger partial charge in [-0.05, 0) is 44.0 Å². The Morgan fingerprint density at radius 1 is 1.32 bits per heavy atom. The predicted molar refractivity (Wildman–Crippen MR) is 73.8 cm³/mol. The summed E-state index contributed by atoms with van der Waals surface area (Å²) in [6.45, 7) is 2.62. The first-order valence-corrected chi connectivity index (χ1v) is 6.51. The topological polar surface area (TPSA) is 53.5 Å². The van der Waals surface area contributed by atoms with Crippen molar-refractivity contribution in [1.82, 2.24) is 5.32 Å². The van der Waals surface area contributed by atoms with Crippen molar-refractivity contribution in [2.45, 2.75) is 32.2 Å². The number of benzene rings is 1. The molecule has 0 aliphatic carbocycles. The van der Waals surface area contributed by atoms with Gasteiger partial charge < -0.3 is 10.6 Å². The third kappa shape index (κ3) is 4.05. The first-order chi connectivity index (χ1) is 9.15. The third-order valence-corrected chi connectivity index (χ3v) is 3.01. The summed E-state index contributed by atoms with van der Waals surface area (Å²) in [6.07, 6.45) is 3.12. The third-order valence-electron chi connectivity index (χ3n) is 3.01. The Morgan fingerprint density at radius 3 is 2.68 bits per heavy atom. The van der Waals surface area contributed by atoms with Crippen LogP contribution in [-0.2, 0) is 4.79 Å². The average molecular weight is 263 g/mol. The van der Waals surface area contributed by atoms with E-state index in [2.05, 4.69) is 15.6 Å². The number of hydrogen-bond donors (Lipinski definition) is 2. The van der Waals surface area contributed by atoms with Crippen LogP contribution in [0.15, 0.2) is 29.3 Å². The highest BCUT2D eigenvalue weighted by atomic mass is 19.1. The summed E-state index contributed by atoms with van der Waals surface area (Å²) in [5.41, 5.74) is 0.589. The molecular formula is C14H18FN3O. The fourth-order valence-electron chi connectivity index (χ4n) is 1.91. The van der Waals surface area contributed by atoms with Crippen LogP contribution in [0.1, 0.15) is 26.2 Å². The van der Waals surface area contributed by atoms with Crippen LogP contribution in [0.3, 0.4) is 0 Å². The minimum Gasteiger partial charge on any atom is -0.362 e. The summed E-state index contributed by atoms with van der Waals surface area (Å²) in [7, 11) is 0. The zero-order valence-electron chi connectivity index (χ0n) is 10.9. The van der Waals surface area contributed by atoms with E-state index in [4.69, 9.17) is 0 Å². The van der Waals surface area contributed by atoms with Crippen LogP contribution in [0.25, 0.3) is 0 Å². The molecule has 1 aliphatic rings. The van der Waals surface area contributed by atoms with Crippen LogP contribution >= 0.6 is 0 Å². The van der Waals surface area contributed by atoms with E-state index in [0.29, 0.717) is 5.69 Å². The molecule has 1 heterocycles. The molecule has 1 aromatic carbocycles. The molecule has 0 aromatic heterocycles. The Hall–Kier alpha value is -1.91. The van der Waals surface area contributed by atoms with Crippen LogP contribution in [0.5, 0.6) is 0 Å². The van der Waals surface area contributed by atoms with Crippen LogP contribution in [0.2, 0.25) is 0 Å². The van der Waals surface area contributed by atoms with Crippen molar-refractivity contribution in [3.05, 3.63) is 30.1 Å². The van der Waals surface area contributed by atoms with Gasteiger partial charge in [-0.3, -0.25) is 9.79 Å². The van der Waals surface area contributed by atoms with Gasteiger partial charge in [-0.15, -0.1) is 0 Å². The van der Waals surface area contributed by atoms with Gasteiger partial charge in [0.25, 0.3) is 0 Å². The van der Waals surface area contributed by atoms with Gasteiger partial charge in [0.05, 0.1) is 5.84 Å². The van der Waals surface area contributed by atoms with Gasteiger partial charge in [0.2, 0.25) is 5.91 Å². The molecular weight excluding hydrogens is 245 g/mol. The van der Waals surface area contributed by atoms with E-state index >= 15 is 0 Å². The highest BCUT2D eigenvalue weighted by Gasteiger charge is 2.15. The van der Waals surface area contributed by atoms with Crippen molar-refractivity contribution in [1.29, 1.82) is 0 Å². The van der Waals surface area contributed by atoms with Gasteiger partial charge in [0.15, 0.2) is 0 Å². The summed E-state index contributed by atoms with van der Waals surface area (Å²) in [4.78, 5) is 16.3. The van der Waals surface area contributed by atoms with Crippen LogP contribution in [0, 0.1) is 5.82 Å². The van der Waals surface area contributed by atoms with Gasteiger partial charge in [-0.1, -0.05) is 0 Å². The molecule has 0 radical (unpaired) electrons. The Labute approximate surface area is 112 Å². The maximum Gasteiger partial charge on any atom is 0.246 e. The number of hydrogen-bond acceptors (Lipinski definition) is 3. The zero-order valence-corrected chi connectivity index (χ0v) is 10.9. The van der Waals surface area contributed by atoms with E-state index in [-0.39, 0.29) is 17.8 Å². The lowest BCUT2D eigenvalue weighted by Crippen LogP contribution is -2.42. The molecule has 0 bridgehead atoms. The quantitative estimate of drug-likeness (QED) is 0.879. The molecule has 0 saturated carbocycles. The lowest BCUT2D eigenvalue weighted by molar-refractivity contribution is -0.117. The first kappa shape index (κ1) is 13.5. The Balaban J connectivity index is 1.88. The van der Waals surface area contributed by atoms with Crippen molar-refractivity contribution in [2.24, 2.45) is 4.99 Å². The maximum absolute atomic E-state index is 12.8. The Bertz CT molecular complexity index is 470. The molecule has 1 atom stereocenters. The number of nitrogens with zero attached hydrogens (tertiary/aromatic N) is 1. The smallest absolute Gasteiger partial charge is 0.246 e. The standard InChI is InChI=1S/C14H18FN3O/c1-10(17-13-4-2-3-9-16-13)14(19)18-12-7-5-11(15)6-8-12/h5-8,10H,2-4,9H2,1H3,(H,16,17)(H,18,19). The van der Waals surface area contributed by atoms with Crippen LogP contribution < -0.4 is 10.6 Å². The molecule has 4 nitrogen and oxygen atoms in total. The summed E-state index contributed by atoms with van der Waals surface area (Å²) in [6, 6.07) is 5.36. The first-order valence-electron chi connectivity index (χ1n) is 6.51. The number of halogens is 1. The molecule has 0 spiro atoms. The van der Waals surface area contributed by atoms with Gasteiger partial charge in [0.1, 0.15) is 11.9 Å². The summed E-state index contributed by atoms with van der Waals surface area (Å²) < 4.78 is 12.8. The number of carbonyl (C=O) groups excluding carboxylic acids is 1. The number of amidine groups is 1. The molecule has 19 heavy (non-hydrogen) atoms. The molecule has 1 unspecified atom stereocenters. The van der Waals surface area contributed by atoms with Crippen molar-refractivity contribution >= 4 is 17.4 Å². The lowest BCUT2D eigenvalue weighted by atomic mass is 10.1. The van der Waals surface area contributed by atoms with E-state index in [9.17, 15) is 9.18 Å². The SMILES string of the molecule is CC(NC1=NCCCC1)C(=O)Nc1ccc(F)cc1. The highest BCUT2D eigenvalue weighted by molar-refractivity contribution is 5.97. The Morgan fingerprint density at radius 2 is 2.05 bits per heavy atom. The molecule has 2 rings (SSSR count). The van der Waals surface area contributed by atoms with Gasteiger partial charge in [0, 0.05) is 18.7 Å². The number of carbonyl (C=O) groups is 1.